The van der Waals surface area contributed by atoms with Crippen LogP contribution in [0.4, 0.5) is 5.82 Å². The number of carbonyl (C=O) groups is 2. The molecule has 0 bridgehead atoms. The number of aromatic hydroxyl groups is 1. The molecule has 6 aromatic rings. The van der Waals surface area contributed by atoms with Gasteiger partial charge in [0.1, 0.15) is 17.7 Å². The van der Waals surface area contributed by atoms with E-state index in [2.05, 4.69) is 51.4 Å². The largest absolute Gasteiger partial charge is 0.507 e. The number of aryl methyl sites for hydroxylation is 1. The van der Waals surface area contributed by atoms with Crippen LogP contribution in [-0.4, -0.2) is 133 Å². The van der Waals surface area contributed by atoms with Gasteiger partial charge in [-0.3, -0.25) is 14.5 Å². The van der Waals surface area contributed by atoms with E-state index in [0.717, 1.165) is 90.8 Å². The number of benzene rings is 2. The molecule has 3 aliphatic heterocycles. The van der Waals surface area contributed by atoms with Crippen molar-refractivity contribution >= 4 is 40.0 Å². The predicted octanol–water partition coefficient (Wildman–Crippen LogP) is 5.55. The van der Waals surface area contributed by atoms with Crippen LogP contribution in [0, 0.1) is 12.8 Å². The van der Waals surface area contributed by atoms with E-state index in [4.69, 9.17) is 4.52 Å². The molecule has 4 N–H and O–H groups in total. The number of hydrogen-bond acceptors (Lipinski definition) is 13. The SMILES string of the molecule is Cc1ncsc1-c1ccc(C(C)NC(=O)[C@@H]2C[C@@H](O)CN2C(=O)C(c2cc(N3CCN(CCN4CC(c5cc6cc(-c7ccccc7O)nnc6[nH]5)C4)CC3)no2)C(C)C)cc1. The van der Waals surface area contributed by atoms with Crippen LogP contribution in [0.5, 0.6) is 5.75 Å². The average Bonchev–Trinajstić information content (AvgIpc) is 4.07. The van der Waals surface area contributed by atoms with Gasteiger partial charge in [-0.05, 0) is 55.2 Å². The van der Waals surface area contributed by atoms with Crippen LogP contribution in [0.1, 0.15) is 67.8 Å². The van der Waals surface area contributed by atoms with Crippen LogP contribution in [0.3, 0.4) is 0 Å². The van der Waals surface area contributed by atoms with Gasteiger partial charge in [0.25, 0.3) is 0 Å². The molecule has 4 atom stereocenters. The summed E-state index contributed by atoms with van der Waals surface area (Å²) in [7, 11) is 0. The molecule has 0 radical (unpaired) electrons. The molecule has 4 aromatic heterocycles. The molecule has 16 heteroatoms. The number of nitrogens with one attached hydrogen (secondary N) is 2. The van der Waals surface area contributed by atoms with Gasteiger partial charge in [0.05, 0.1) is 33.9 Å². The second-order valence-corrected chi connectivity index (χ2v) is 18.2. The molecule has 15 nitrogen and oxygen atoms in total. The number of aromatic amines is 1. The molecule has 3 aliphatic rings. The summed E-state index contributed by atoms with van der Waals surface area (Å²) in [6.45, 7) is 15.2. The van der Waals surface area contributed by atoms with E-state index in [0.29, 0.717) is 28.8 Å². The zero-order chi connectivity index (χ0) is 43.1. The summed E-state index contributed by atoms with van der Waals surface area (Å²) >= 11 is 1.60. The van der Waals surface area contributed by atoms with Gasteiger partial charge < -0.3 is 39.7 Å². The molecule has 2 amide bonds. The number of aliphatic hydroxyl groups is 1. The lowest BCUT2D eigenvalue weighted by Gasteiger charge is -2.41. The molecular weight excluding hydrogens is 805 g/mol. The monoisotopic (exact) mass is 858 g/mol. The number of phenols is 1. The van der Waals surface area contributed by atoms with Crippen LogP contribution >= 0.6 is 11.3 Å². The number of rotatable bonds is 13. The fourth-order valence-corrected chi connectivity index (χ4v) is 9.93. The highest BCUT2D eigenvalue weighted by Gasteiger charge is 2.44. The number of aliphatic hydroxyl groups excluding tert-OH is 1. The number of nitrogens with zero attached hydrogens (tertiary/aromatic N) is 8. The summed E-state index contributed by atoms with van der Waals surface area (Å²) in [5, 5.41) is 38.2. The first-order chi connectivity index (χ1) is 30.0. The van der Waals surface area contributed by atoms with Crippen LogP contribution in [0.25, 0.3) is 32.7 Å². The summed E-state index contributed by atoms with van der Waals surface area (Å²) in [6.07, 6.45) is -0.628. The van der Waals surface area contributed by atoms with Crippen molar-refractivity contribution in [1.82, 2.24) is 45.3 Å². The smallest absolute Gasteiger partial charge is 0.243 e. The standard InChI is InChI=1S/C46H54N10O5S/c1-27(2)42(46(60)56-25-34(57)21-38(56)45(59)48-28(3)30-9-11-31(12-10-30)43-29(4)47-26-62-43)40-22-41(52-61-40)55-17-15-53(16-18-55)13-14-54-23-33(24-54)36-19-32-20-37(50-51-44(32)49-36)35-7-5-6-8-39(35)58/h5-12,19-20,22,26-28,33-34,38,42,57-58H,13-18,21,23-25H2,1-4H3,(H,48,59)(H,49,51)/t28?,34-,38+,42?/m1/s1. The number of carbonyl (C=O) groups excluding carboxylic acids is 2. The van der Waals surface area contributed by atoms with Crippen molar-refractivity contribution in [2.75, 3.05) is 63.8 Å². The van der Waals surface area contributed by atoms with Gasteiger partial charge >= 0.3 is 0 Å². The Hall–Kier alpha value is -5.68. The first-order valence-corrected chi connectivity index (χ1v) is 22.5. The highest BCUT2D eigenvalue weighted by Crippen LogP contribution is 2.35. The molecule has 9 rings (SSSR count). The molecule has 3 saturated heterocycles. The maximum Gasteiger partial charge on any atom is 0.243 e. The van der Waals surface area contributed by atoms with E-state index in [1.165, 1.54) is 4.90 Å². The number of piperazine rings is 1. The normalized spacial score (nSPS) is 19.9. The van der Waals surface area contributed by atoms with E-state index in [1.807, 2.05) is 81.7 Å². The average molecular weight is 859 g/mol. The maximum atomic E-state index is 14.3. The van der Waals surface area contributed by atoms with Gasteiger partial charge in [0.15, 0.2) is 17.2 Å². The highest BCUT2D eigenvalue weighted by molar-refractivity contribution is 7.13. The Balaban J connectivity index is 0.752. The third kappa shape index (κ3) is 8.56. The highest BCUT2D eigenvalue weighted by atomic mass is 32.1. The Kier molecular flexibility index (Phi) is 11.8. The molecule has 2 aromatic carbocycles. The van der Waals surface area contributed by atoms with Crippen molar-refractivity contribution in [3.8, 4) is 27.4 Å². The van der Waals surface area contributed by atoms with Crippen molar-refractivity contribution in [2.24, 2.45) is 5.92 Å². The molecule has 7 heterocycles. The lowest BCUT2D eigenvalue weighted by atomic mass is 9.91. The first-order valence-electron chi connectivity index (χ1n) is 21.6. The number of aromatic nitrogens is 5. The molecule has 0 spiro atoms. The summed E-state index contributed by atoms with van der Waals surface area (Å²) in [5.41, 5.74) is 8.09. The lowest BCUT2D eigenvalue weighted by molar-refractivity contribution is -0.141. The Bertz CT molecular complexity index is 2520. The number of H-pyrrole nitrogens is 1. The predicted molar refractivity (Wildman–Crippen MR) is 238 cm³/mol. The number of β-amino-alcohol motifs (C(OH)–C–C–N with tert-alkyl or cyclic N) is 1. The van der Waals surface area contributed by atoms with E-state index in [-0.39, 0.29) is 42.5 Å². The fourth-order valence-electron chi connectivity index (χ4n) is 9.12. The number of phenolic OH excluding ortho intramolecular Hbond substituents is 1. The van der Waals surface area contributed by atoms with Crippen LogP contribution in [-0.2, 0) is 9.59 Å². The Morgan fingerprint density at radius 3 is 2.44 bits per heavy atom. The quantitative estimate of drug-likeness (QED) is 0.114. The van der Waals surface area contributed by atoms with Crippen molar-refractivity contribution in [3.63, 3.8) is 0 Å². The third-order valence-electron chi connectivity index (χ3n) is 12.8. The Labute approximate surface area is 364 Å². The molecule has 0 aliphatic carbocycles. The summed E-state index contributed by atoms with van der Waals surface area (Å²) < 4.78 is 5.89. The lowest BCUT2D eigenvalue weighted by Crippen LogP contribution is -2.52. The molecule has 0 saturated carbocycles. The first kappa shape index (κ1) is 41.7. The number of amides is 2. The zero-order valence-corrected chi connectivity index (χ0v) is 36.4. The number of thiazole rings is 1. The second kappa shape index (κ2) is 17.6. The van der Waals surface area contributed by atoms with Gasteiger partial charge in [-0.25, -0.2) is 4.98 Å². The van der Waals surface area contributed by atoms with E-state index < -0.39 is 18.1 Å². The summed E-state index contributed by atoms with van der Waals surface area (Å²) in [6, 6.07) is 20.2. The summed E-state index contributed by atoms with van der Waals surface area (Å²) in [4.78, 5) is 45.6. The fraction of sp³-hybridized carbons (Fsp3) is 0.435. The molecule has 3 fully saturated rings. The van der Waals surface area contributed by atoms with Crippen molar-refractivity contribution in [2.45, 2.75) is 64.1 Å². The second-order valence-electron chi connectivity index (χ2n) is 17.4. The Morgan fingerprint density at radius 2 is 1.71 bits per heavy atom. The number of anilines is 1. The van der Waals surface area contributed by atoms with Gasteiger partial charge in [-0.2, -0.15) is 0 Å². The van der Waals surface area contributed by atoms with E-state index in [9.17, 15) is 19.8 Å². The zero-order valence-electron chi connectivity index (χ0n) is 35.6. The Morgan fingerprint density at radius 1 is 0.952 bits per heavy atom. The number of para-hydroxylation sites is 1. The summed E-state index contributed by atoms with van der Waals surface area (Å²) in [5.74, 6) is 0.460. The van der Waals surface area contributed by atoms with Crippen molar-refractivity contribution in [1.29, 1.82) is 0 Å². The van der Waals surface area contributed by atoms with Gasteiger partial charge in [0, 0.05) is 94.0 Å². The molecule has 62 heavy (non-hydrogen) atoms. The maximum absolute atomic E-state index is 14.3. The van der Waals surface area contributed by atoms with Crippen LogP contribution < -0.4 is 10.2 Å². The van der Waals surface area contributed by atoms with Gasteiger partial charge in [-0.1, -0.05) is 55.4 Å². The number of fused-ring (bicyclic) bond motifs is 1. The minimum atomic E-state index is -0.800. The van der Waals surface area contributed by atoms with Gasteiger partial charge in [0.2, 0.25) is 11.8 Å². The van der Waals surface area contributed by atoms with Crippen LogP contribution in [0.15, 0.2) is 76.8 Å². The van der Waals surface area contributed by atoms with Crippen molar-refractivity contribution < 1.29 is 24.3 Å². The van der Waals surface area contributed by atoms with Gasteiger partial charge in [-0.15, -0.1) is 21.5 Å². The minimum Gasteiger partial charge on any atom is -0.507 e. The van der Waals surface area contributed by atoms with E-state index in [1.54, 1.807) is 23.5 Å². The number of hydrogen-bond donors (Lipinski definition) is 4. The molecular formula is C46H54N10O5S. The minimum absolute atomic E-state index is 0.0827. The molecule has 2 unspecified atom stereocenters. The van der Waals surface area contributed by atoms with Crippen LogP contribution in [0.2, 0.25) is 0 Å². The topological polar surface area (TPSA) is 180 Å². The van der Waals surface area contributed by atoms with E-state index >= 15 is 0 Å². The molecule has 324 valence electrons. The van der Waals surface area contributed by atoms with Crippen molar-refractivity contribution in [3.05, 3.63) is 95.0 Å². The number of likely N-dealkylation sites (tertiary alicyclic amines) is 2. The third-order valence-corrected chi connectivity index (χ3v) is 13.8.